The minimum Gasteiger partial charge on any atom is -0.488 e. The van der Waals surface area contributed by atoms with Gasteiger partial charge in [-0.1, -0.05) is 12.1 Å². The predicted octanol–water partition coefficient (Wildman–Crippen LogP) is 4.10. The average Bonchev–Trinajstić information content (AvgIpc) is 3.15. The van der Waals surface area contributed by atoms with Gasteiger partial charge in [-0.25, -0.2) is 9.97 Å². The number of halogens is 1. The highest BCUT2D eigenvalue weighted by Crippen LogP contribution is 2.31. The molecule has 1 saturated heterocycles. The zero-order chi connectivity index (χ0) is 19.7. The van der Waals surface area contributed by atoms with E-state index >= 15 is 0 Å². The van der Waals surface area contributed by atoms with Gasteiger partial charge in [0.1, 0.15) is 11.9 Å². The molecule has 0 aliphatic carbocycles. The zero-order valence-electron chi connectivity index (χ0n) is 15.9. The molecule has 28 heavy (non-hydrogen) atoms. The van der Waals surface area contributed by atoms with E-state index in [0.717, 1.165) is 51.9 Å². The number of aromatic nitrogens is 2. The maximum absolute atomic E-state index is 10.2. The fraction of sp³-hybridized carbons (Fsp3) is 0.333. The van der Waals surface area contributed by atoms with E-state index in [4.69, 9.17) is 4.74 Å². The number of anilines is 2. The van der Waals surface area contributed by atoms with Crippen LogP contribution in [-0.4, -0.2) is 34.3 Å². The van der Waals surface area contributed by atoms with Gasteiger partial charge in [0.25, 0.3) is 0 Å². The van der Waals surface area contributed by atoms with Crippen LogP contribution >= 0.6 is 15.9 Å². The first-order valence-electron chi connectivity index (χ1n) is 9.32. The molecule has 1 aromatic heterocycles. The van der Waals surface area contributed by atoms with Crippen molar-refractivity contribution in [3.63, 3.8) is 0 Å². The largest absolute Gasteiger partial charge is 0.488 e. The molecule has 0 radical (unpaired) electrons. The summed E-state index contributed by atoms with van der Waals surface area (Å²) in [7, 11) is 0. The van der Waals surface area contributed by atoms with E-state index in [-0.39, 0.29) is 6.10 Å². The molecule has 1 aliphatic heterocycles. The van der Waals surface area contributed by atoms with Gasteiger partial charge in [0.2, 0.25) is 5.95 Å². The van der Waals surface area contributed by atoms with E-state index < -0.39 is 5.60 Å². The van der Waals surface area contributed by atoms with Crippen LogP contribution in [0.4, 0.5) is 11.6 Å². The number of rotatable bonds is 5. The summed E-state index contributed by atoms with van der Waals surface area (Å²) < 4.78 is 7.00. The zero-order valence-corrected chi connectivity index (χ0v) is 17.5. The van der Waals surface area contributed by atoms with Gasteiger partial charge in [-0.05, 0) is 66.5 Å². The minimum atomic E-state index is -0.907. The second kappa shape index (κ2) is 7.66. The van der Waals surface area contributed by atoms with E-state index in [1.807, 2.05) is 36.4 Å². The summed E-state index contributed by atoms with van der Waals surface area (Å²) in [5.74, 6) is 1.28. The molecule has 2 aromatic carbocycles. The number of nitrogens with zero attached hydrogens (tertiary/aromatic N) is 2. The maximum Gasteiger partial charge on any atom is 0.227 e. The molecule has 146 valence electrons. The lowest BCUT2D eigenvalue weighted by Gasteiger charge is -2.18. The van der Waals surface area contributed by atoms with Gasteiger partial charge in [-0.3, -0.25) is 0 Å². The molecule has 0 spiro atoms. The molecule has 1 atom stereocenters. The lowest BCUT2D eigenvalue weighted by atomic mass is 9.98. The Balaban J connectivity index is 1.60. The molecule has 3 aromatic rings. The van der Waals surface area contributed by atoms with Crippen LogP contribution < -0.4 is 15.4 Å². The van der Waals surface area contributed by atoms with Crippen molar-refractivity contribution in [2.24, 2.45) is 0 Å². The Kier molecular flexibility index (Phi) is 5.23. The molecule has 0 saturated carbocycles. The summed E-state index contributed by atoms with van der Waals surface area (Å²) >= 11 is 3.58. The Labute approximate surface area is 172 Å². The first-order valence-corrected chi connectivity index (χ1v) is 10.1. The maximum atomic E-state index is 10.2. The fourth-order valence-electron chi connectivity index (χ4n) is 3.20. The third-order valence-electron chi connectivity index (χ3n) is 4.77. The SMILES string of the molecule is CC(C)(O)c1cccc(Nc2ncc3cc(Br)c(O[C@@H]4CCNC4)cc3n2)c1. The van der Waals surface area contributed by atoms with Crippen LogP contribution in [0.2, 0.25) is 0 Å². The van der Waals surface area contributed by atoms with Crippen LogP contribution in [0.1, 0.15) is 25.8 Å². The monoisotopic (exact) mass is 442 g/mol. The Morgan fingerprint density at radius 1 is 1.29 bits per heavy atom. The summed E-state index contributed by atoms with van der Waals surface area (Å²) in [4.78, 5) is 9.05. The smallest absolute Gasteiger partial charge is 0.227 e. The van der Waals surface area contributed by atoms with Crippen molar-refractivity contribution in [1.82, 2.24) is 15.3 Å². The third kappa shape index (κ3) is 4.27. The molecule has 7 heteroatoms. The number of hydrogen-bond acceptors (Lipinski definition) is 6. The lowest BCUT2D eigenvalue weighted by molar-refractivity contribution is 0.0786. The molecular weight excluding hydrogens is 420 g/mol. The third-order valence-corrected chi connectivity index (χ3v) is 5.39. The number of nitrogens with one attached hydrogen (secondary N) is 2. The van der Waals surface area contributed by atoms with Crippen LogP contribution in [-0.2, 0) is 5.60 Å². The molecule has 2 heterocycles. The van der Waals surface area contributed by atoms with Crippen LogP contribution in [0.15, 0.2) is 47.1 Å². The Morgan fingerprint density at radius 2 is 2.14 bits per heavy atom. The molecule has 1 aliphatic rings. The van der Waals surface area contributed by atoms with Crippen LogP contribution in [0, 0.1) is 0 Å². The molecule has 0 amide bonds. The number of fused-ring (bicyclic) bond motifs is 1. The average molecular weight is 443 g/mol. The second-order valence-electron chi connectivity index (χ2n) is 7.53. The highest BCUT2D eigenvalue weighted by molar-refractivity contribution is 9.10. The fourth-order valence-corrected chi connectivity index (χ4v) is 3.65. The molecule has 0 unspecified atom stereocenters. The minimum absolute atomic E-state index is 0.178. The first kappa shape index (κ1) is 19.1. The van der Waals surface area contributed by atoms with Crippen molar-refractivity contribution < 1.29 is 9.84 Å². The summed E-state index contributed by atoms with van der Waals surface area (Å²) in [6.45, 7) is 5.37. The van der Waals surface area contributed by atoms with E-state index in [1.54, 1.807) is 20.0 Å². The van der Waals surface area contributed by atoms with Crippen molar-refractivity contribution in [2.45, 2.75) is 32.0 Å². The lowest BCUT2D eigenvalue weighted by Crippen LogP contribution is -2.19. The van der Waals surface area contributed by atoms with Gasteiger partial charge in [-0.15, -0.1) is 0 Å². The molecule has 6 nitrogen and oxygen atoms in total. The molecule has 0 bridgehead atoms. The number of hydrogen-bond donors (Lipinski definition) is 3. The van der Waals surface area contributed by atoms with Gasteiger partial charge in [0.05, 0.1) is 15.6 Å². The Hall–Kier alpha value is -2.22. The predicted molar refractivity (Wildman–Crippen MR) is 114 cm³/mol. The van der Waals surface area contributed by atoms with E-state index in [1.165, 1.54) is 0 Å². The molecule has 1 fully saturated rings. The van der Waals surface area contributed by atoms with Gasteiger partial charge in [0, 0.05) is 29.9 Å². The number of benzene rings is 2. The highest BCUT2D eigenvalue weighted by Gasteiger charge is 2.18. The van der Waals surface area contributed by atoms with E-state index in [0.29, 0.717) is 5.95 Å². The quantitative estimate of drug-likeness (QED) is 0.551. The van der Waals surface area contributed by atoms with Gasteiger partial charge in [0.15, 0.2) is 0 Å². The molecule has 4 rings (SSSR count). The summed E-state index contributed by atoms with van der Waals surface area (Å²) in [6, 6.07) is 11.5. The first-order chi connectivity index (χ1) is 13.4. The second-order valence-corrected chi connectivity index (χ2v) is 8.39. The van der Waals surface area contributed by atoms with Gasteiger partial charge < -0.3 is 20.5 Å². The van der Waals surface area contributed by atoms with E-state index in [2.05, 4.69) is 36.5 Å². The van der Waals surface area contributed by atoms with Crippen molar-refractivity contribution in [3.8, 4) is 5.75 Å². The van der Waals surface area contributed by atoms with Crippen LogP contribution in [0.5, 0.6) is 5.75 Å². The van der Waals surface area contributed by atoms with Crippen molar-refractivity contribution in [3.05, 3.63) is 52.6 Å². The van der Waals surface area contributed by atoms with Crippen molar-refractivity contribution in [2.75, 3.05) is 18.4 Å². The number of aliphatic hydroxyl groups is 1. The van der Waals surface area contributed by atoms with Crippen molar-refractivity contribution in [1.29, 1.82) is 0 Å². The Bertz CT molecular complexity index is 997. The topological polar surface area (TPSA) is 79.3 Å². The van der Waals surface area contributed by atoms with Crippen LogP contribution in [0.3, 0.4) is 0 Å². The number of ether oxygens (including phenoxy) is 1. The summed E-state index contributed by atoms with van der Waals surface area (Å²) in [5.41, 5.74) is 1.54. The van der Waals surface area contributed by atoms with Gasteiger partial charge in [-0.2, -0.15) is 0 Å². The van der Waals surface area contributed by atoms with Crippen LogP contribution in [0.25, 0.3) is 10.9 Å². The molecule has 3 N–H and O–H groups in total. The van der Waals surface area contributed by atoms with Crippen molar-refractivity contribution >= 4 is 38.5 Å². The Morgan fingerprint density at radius 3 is 2.89 bits per heavy atom. The highest BCUT2D eigenvalue weighted by atomic mass is 79.9. The standard InChI is InChI=1S/C21H23BrN4O2/c1-21(2,27)14-4-3-5-15(9-14)25-20-24-11-13-8-17(22)19(10-18(13)26-20)28-16-6-7-23-12-16/h3-5,8-11,16,23,27H,6-7,12H2,1-2H3,(H,24,25,26)/t16-/m1/s1. The normalized spacial score (nSPS) is 17.1. The van der Waals surface area contributed by atoms with E-state index in [9.17, 15) is 5.11 Å². The molecular formula is C21H23BrN4O2. The van der Waals surface area contributed by atoms with Gasteiger partial charge >= 0.3 is 0 Å². The summed E-state index contributed by atoms with van der Waals surface area (Å²) in [5, 5.41) is 17.7. The summed E-state index contributed by atoms with van der Waals surface area (Å²) in [6.07, 6.45) is 2.96.